The minimum Gasteiger partial charge on any atom is -0.230 e. The van der Waals surface area contributed by atoms with E-state index in [2.05, 4.69) is 46.7 Å². The average molecular weight is 261 g/mol. The van der Waals surface area contributed by atoms with Crippen LogP contribution in [-0.4, -0.2) is 16.2 Å². The molecule has 72 valence electrons. The monoisotopic (exact) mass is 260 g/mol. The van der Waals surface area contributed by atoms with E-state index in [0.717, 1.165) is 15.3 Å². The van der Waals surface area contributed by atoms with Crippen LogP contribution in [0.5, 0.6) is 0 Å². The van der Waals surface area contributed by atoms with E-state index in [4.69, 9.17) is 0 Å². The second-order valence-electron chi connectivity index (χ2n) is 3.80. The van der Waals surface area contributed by atoms with Gasteiger partial charge in [-0.2, -0.15) is 0 Å². The van der Waals surface area contributed by atoms with Crippen LogP contribution in [0.25, 0.3) is 0 Å². The van der Waals surface area contributed by atoms with Crippen LogP contribution in [0.15, 0.2) is 15.8 Å². The number of rotatable bonds is 1. The second kappa shape index (κ2) is 3.96. The summed E-state index contributed by atoms with van der Waals surface area (Å²) in [6.07, 6.45) is 3.80. The van der Waals surface area contributed by atoms with Gasteiger partial charge in [0, 0.05) is 11.6 Å². The second-order valence-corrected chi connectivity index (χ2v) is 5.43. The highest BCUT2D eigenvalue weighted by Crippen LogP contribution is 2.28. The van der Waals surface area contributed by atoms with Crippen LogP contribution >= 0.6 is 27.7 Å². The van der Waals surface area contributed by atoms with Crippen molar-refractivity contribution in [3.63, 3.8) is 0 Å². The third kappa shape index (κ3) is 2.68. The molecule has 0 saturated carbocycles. The molecule has 1 heterocycles. The molecule has 0 aliphatic carbocycles. The molecule has 1 rings (SSSR count). The molecule has 1 aromatic heterocycles. The Balaban J connectivity index is 3.19. The summed E-state index contributed by atoms with van der Waals surface area (Å²) in [5.41, 5.74) is 1.12. The molecule has 13 heavy (non-hydrogen) atoms. The summed E-state index contributed by atoms with van der Waals surface area (Å²) in [6.45, 7) is 6.43. The van der Waals surface area contributed by atoms with Crippen molar-refractivity contribution in [3.05, 3.63) is 16.4 Å². The van der Waals surface area contributed by atoms with E-state index in [1.807, 2.05) is 12.5 Å². The van der Waals surface area contributed by atoms with Gasteiger partial charge in [-0.05, 0) is 22.2 Å². The summed E-state index contributed by atoms with van der Waals surface area (Å²) >= 11 is 5.03. The largest absolute Gasteiger partial charge is 0.230 e. The van der Waals surface area contributed by atoms with Gasteiger partial charge in [-0.15, -0.1) is 0 Å². The van der Waals surface area contributed by atoms with Crippen LogP contribution in [0.4, 0.5) is 0 Å². The molecule has 0 saturated heterocycles. The Bertz CT molecular complexity index is 307. The minimum absolute atomic E-state index is 0.0618. The molecule has 1 aromatic rings. The predicted molar refractivity (Wildman–Crippen MR) is 60.2 cm³/mol. The van der Waals surface area contributed by atoms with Crippen LogP contribution < -0.4 is 0 Å². The number of aromatic nitrogens is 2. The maximum atomic E-state index is 4.47. The average Bonchev–Trinajstić information content (AvgIpc) is 2.03. The van der Waals surface area contributed by atoms with Crippen molar-refractivity contribution in [2.24, 2.45) is 0 Å². The quantitative estimate of drug-likeness (QED) is 0.573. The van der Waals surface area contributed by atoms with Gasteiger partial charge in [-0.3, -0.25) is 0 Å². The third-order valence-electron chi connectivity index (χ3n) is 1.61. The lowest BCUT2D eigenvalue weighted by Crippen LogP contribution is -2.15. The summed E-state index contributed by atoms with van der Waals surface area (Å²) in [5, 5.41) is 0.827. The van der Waals surface area contributed by atoms with Crippen LogP contribution in [-0.2, 0) is 5.41 Å². The number of thioether (sulfide) groups is 1. The molecule has 0 aliphatic rings. The number of nitrogens with zero attached hydrogens (tertiary/aromatic N) is 2. The molecule has 4 heteroatoms. The van der Waals surface area contributed by atoms with Crippen LogP contribution in [0.1, 0.15) is 26.5 Å². The zero-order valence-electron chi connectivity index (χ0n) is 8.26. The molecule has 0 aliphatic heterocycles. The van der Waals surface area contributed by atoms with E-state index >= 15 is 0 Å². The fourth-order valence-electron chi connectivity index (χ4n) is 0.975. The first-order valence-corrected chi connectivity index (χ1v) is 6.04. The van der Waals surface area contributed by atoms with Gasteiger partial charge in [0.2, 0.25) is 0 Å². The Morgan fingerprint density at radius 2 is 2.00 bits per heavy atom. The summed E-state index contributed by atoms with van der Waals surface area (Å²) in [5.74, 6) is 0. The van der Waals surface area contributed by atoms with E-state index in [-0.39, 0.29) is 5.41 Å². The highest BCUT2D eigenvalue weighted by molar-refractivity contribution is 9.10. The van der Waals surface area contributed by atoms with Crippen molar-refractivity contribution < 1.29 is 0 Å². The minimum atomic E-state index is 0.0618. The third-order valence-corrected chi connectivity index (χ3v) is 2.76. The molecule has 0 N–H and O–H groups in total. The van der Waals surface area contributed by atoms with Gasteiger partial charge in [0.25, 0.3) is 0 Å². The summed E-state index contributed by atoms with van der Waals surface area (Å²) < 4.78 is 0.984. The Morgan fingerprint density at radius 3 is 2.46 bits per heavy atom. The standard InChI is InChI=1S/C9H13BrN2S/c1-9(2,3)7-6(10)5-11-8(12-7)13-4/h5H,1-4H3. The normalized spacial score (nSPS) is 11.8. The van der Waals surface area contributed by atoms with Gasteiger partial charge in [0.05, 0.1) is 10.2 Å². The maximum absolute atomic E-state index is 4.47. The van der Waals surface area contributed by atoms with E-state index in [0.29, 0.717) is 0 Å². The van der Waals surface area contributed by atoms with Gasteiger partial charge < -0.3 is 0 Å². The molecule has 0 bridgehead atoms. The molecule has 0 unspecified atom stereocenters. The molecular weight excluding hydrogens is 248 g/mol. The van der Waals surface area contributed by atoms with Crippen LogP contribution in [0, 0.1) is 0 Å². The van der Waals surface area contributed by atoms with Gasteiger partial charge in [0.1, 0.15) is 0 Å². The Labute approximate surface area is 91.7 Å². The maximum Gasteiger partial charge on any atom is 0.187 e. The molecule has 0 fully saturated rings. The van der Waals surface area contributed by atoms with Crippen molar-refractivity contribution in [1.82, 2.24) is 9.97 Å². The Hall–Kier alpha value is -0.0900. The summed E-state index contributed by atoms with van der Waals surface area (Å²) in [7, 11) is 0. The first kappa shape index (κ1) is 11.0. The Kier molecular flexibility index (Phi) is 3.35. The van der Waals surface area contributed by atoms with Crippen molar-refractivity contribution in [1.29, 1.82) is 0 Å². The van der Waals surface area contributed by atoms with Crippen LogP contribution in [0.3, 0.4) is 0 Å². The number of hydrogen-bond donors (Lipinski definition) is 0. The van der Waals surface area contributed by atoms with Gasteiger partial charge >= 0.3 is 0 Å². The molecule has 0 spiro atoms. The van der Waals surface area contributed by atoms with E-state index < -0.39 is 0 Å². The lowest BCUT2D eigenvalue weighted by molar-refractivity contribution is 0.554. The number of hydrogen-bond acceptors (Lipinski definition) is 3. The summed E-state index contributed by atoms with van der Waals surface area (Å²) in [4.78, 5) is 8.64. The molecule has 0 amide bonds. The molecule has 0 aromatic carbocycles. The highest BCUT2D eigenvalue weighted by Gasteiger charge is 2.19. The zero-order chi connectivity index (χ0) is 10.1. The first-order valence-electron chi connectivity index (χ1n) is 4.02. The van der Waals surface area contributed by atoms with E-state index in [1.54, 1.807) is 11.8 Å². The first-order chi connectivity index (χ1) is 5.95. The fourth-order valence-corrected chi connectivity index (χ4v) is 2.10. The number of halogens is 1. The van der Waals surface area contributed by atoms with Crippen molar-refractivity contribution >= 4 is 27.7 Å². The smallest absolute Gasteiger partial charge is 0.187 e. The fraction of sp³-hybridized carbons (Fsp3) is 0.556. The predicted octanol–water partition coefficient (Wildman–Crippen LogP) is 3.26. The molecule has 2 nitrogen and oxygen atoms in total. The van der Waals surface area contributed by atoms with Gasteiger partial charge in [-0.25, -0.2) is 9.97 Å². The SMILES string of the molecule is CSc1ncc(Br)c(C(C)(C)C)n1. The van der Waals surface area contributed by atoms with Crippen molar-refractivity contribution in [3.8, 4) is 0 Å². The van der Waals surface area contributed by atoms with Gasteiger partial charge in [0.15, 0.2) is 5.16 Å². The van der Waals surface area contributed by atoms with E-state index in [9.17, 15) is 0 Å². The molecule has 0 atom stereocenters. The van der Waals surface area contributed by atoms with Crippen molar-refractivity contribution in [2.45, 2.75) is 31.3 Å². The lowest BCUT2D eigenvalue weighted by Gasteiger charge is -2.19. The topological polar surface area (TPSA) is 25.8 Å². The van der Waals surface area contributed by atoms with Crippen molar-refractivity contribution in [2.75, 3.05) is 6.26 Å². The molecular formula is C9H13BrN2S. The lowest BCUT2D eigenvalue weighted by atomic mass is 9.92. The van der Waals surface area contributed by atoms with E-state index in [1.165, 1.54) is 0 Å². The highest BCUT2D eigenvalue weighted by atomic mass is 79.9. The Morgan fingerprint density at radius 1 is 1.38 bits per heavy atom. The molecule has 0 radical (unpaired) electrons. The summed E-state index contributed by atoms with van der Waals surface area (Å²) in [6, 6.07) is 0. The van der Waals surface area contributed by atoms with Gasteiger partial charge in [-0.1, -0.05) is 32.5 Å². The van der Waals surface area contributed by atoms with Crippen LogP contribution in [0.2, 0.25) is 0 Å². The zero-order valence-corrected chi connectivity index (χ0v) is 10.7.